The molecule has 0 saturated heterocycles. The minimum Gasteiger partial charge on any atom is -0.504 e. The number of aromatic amines is 1. The fraction of sp³-hybridized carbons (Fsp3) is 0.118. The van der Waals surface area contributed by atoms with Gasteiger partial charge in [0, 0.05) is 11.1 Å². The molecular formula is C17H16N4O2S. The van der Waals surface area contributed by atoms with Gasteiger partial charge >= 0.3 is 0 Å². The molecule has 0 aliphatic heterocycles. The van der Waals surface area contributed by atoms with E-state index in [0.29, 0.717) is 21.9 Å². The number of aromatic nitrogens is 3. The number of nitrogens with zero attached hydrogens (tertiary/aromatic N) is 3. The first-order valence-corrected chi connectivity index (χ1v) is 7.66. The van der Waals surface area contributed by atoms with E-state index in [1.807, 2.05) is 31.2 Å². The largest absolute Gasteiger partial charge is 0.504 e. The molecule has 1 heterocycles. The van der Waals surface area contributed by atoms with Crippen LogP contribution >= 0.6 is 12.2 Å². The summed E-state index contributed by atoms with van der Waals surface area (Å²) in [7, 11) is 1.50. The van der Waals surface area contributed by atoms with Gasteiger partial charge < -0.3 is 9.84 Å². The Morgan fingerprint density at radius 2 is 2.00 bits per heavy atom. The fourth-order valence-electron chi connectivity index (χ4n) is 2.22. The summed E-state index contributed by atoms with van der Waals surface area (Å²) in [6, 6.07) is 13.1. The Labute approximate surface area is 144 Å². The number of rotatable bonds is 4. The third kappa shape index (κ3) is 3.07. The van der Waals surface area contributed by atoms with Crippen LogP contribution in [0.15, 0.2) is 47.6 Å². The lowest BCUT2D eigenvalue weighted by Crippen LogP contribution is -1.96. The Morgan fingerprint density at radius 3 is 2.71 bits per heavy atom. The number of methoxy groups -OCH3 is 1. The first kappa shape index (κ1) is 15.9. The first-order valence-electron chi connectivity index (χ1n) is 7.25. The Morgan fingerprint density at radius 1 is 1.25 bits per heavy atom. The predicted octanol–water partition coefficient (Wildman–Crippen LogP) is 3.51. The molecule has 0 aliphatic carbocycles. The second-order valence-electron chi connectivity index (χ2n) is 5.17. The number of benzene rings is 2. The lowest BCUT2D eigenvalue weighted by Gasteiger charge is -2.05. The maximum absolute atomic E-state index is 10.1. The monoisotopic (exact) mass is 340 g/mol. The zero-order valence-corrected chi connectivity index (χ0v) is 14.0. The number of hydrogen-bond donors (Lipinski definition) is 2. The number of para-hydroxylation sites is 1. The van der Waals surface area contributed by atoms with Crippen molar-refractivity contribution in [1.29, 1.82) is 0 Å². The van der Waals surface area contributed by atoms with Crippen molar-refractivity contribution < 1.29 is 9.84 Å². The van der Waals surface area contributed by atoms with Gasteiger partial charge in [0.15, 0.2) is 17.3 Å². The molecule has 122 valence electrons. The maximum Gasteiger partial charge on any atom is 0.216 e. The molecule has 0 atom stereocenters. The summed E-state index contributed by atoms with van der Waals surface area (Å²) < 4.78 is 6.97. The quantitative estimate of drug-likeness (QED) is 0.563. The van der Waals surface area contributed by atoms with Crippen LogP contribution < -0.4 is 4.74 Å². The van der Waals surface area contributed by atoms with Gasteiger partial charge in [0.2, 0.25) is 4.77 Å². The molecule has 2 aromatic carbocycles. The number of phenols is 1. The highest BCUT2D eigenvalue weighted by molar-refractivity contribution is 7.71. The van der Waals surface area contributed by atoms with Crippen molar-refractivity contribution in [3.8, 4) is 22.9 Å². The number of H-pyrrole nitrogens is 1. The number of phenolic OH excluding ortho intramolecular Hbond substituents is 1. The van der Waals surface area contributed by atoms with Crippen molar-refractivity contribution in [3.63, 3.8) is 0 Å². The maximum atomic E-state index is 10.1. The average molecular weight is 340 g/mol. The van der Waals surface area contributed by atoms with Gasteiger partial charge in [-0.15, -0.1) is 0 Å². The highest BCUT2D eigenvalue weighted by Crippen LogP contribution is 2.28. The molecule has 0 spiro atoms. The molecule has 3 aromatic rings. The minimum atomic E-state index is 0.0237. The molecule has 0 bridgehead atoms. The van der Waals surface area contributed by atoms with E-state index >= 15 is 0 Å². The van der Waals surface area contributed by atoms with Crippen LogP contribution in [0.1, 0.15) is 11.1 Å². The summed E-state index contributed by atoms with van der Waals surface area (Å²) in [6.45, 7) is 2.02. The SMILES string of the molecule is COc1cccc(/C=N/n2c(-c3ccc(C)cc3)n[nH]c2=S)c1O. The van der Waals surface area contributed by atoms with E-state index in [1.165, 1.54) is 18.0 Å². The average Bonchev–Trinajstić information content (AvgIpc) is 2.95. The molecule has 7 heteroatoms. The zero-order chi connectivity index (χ0) is 17.1. The molecule has 24 heavy (non-hydrogen) atoms. The molecule has 0 radical (unpaired) electrons. The lowest BCUT2D eigenvalue weighted by molar-refractivity contribution is 0.373. The minimum absolute atomic E-state index is 0.0237. The Hall–Kier alpha value is -2.93. The molecule has 6 nitrogen and oxygen atoms in total. The Bertz CT molecular complexity index is 942. The van der Waals surface area contributed by atoms with Crippen molar-refractivity contribution in [2.24, 2.45) is 5.10 Å². The predicted molar refractivity (Wildman–Crippen MR) is 95.2 cm³/mol. The normalized spacial score (nSPS) is 11.1. The number of ether oxygens (including phenoxy) is 1. The molecule has 1 aromatic heterocycles. The molecule has 0 amide bonds. The Kier molecular flexibility index (Phi) is 4.43. The molecule has 0 saturated carbocycles. The van der Waals surface area contributed by atoms with E-state index in [1.54, 1.807) is 18.2 Å². The second kappa shape index (κ2) is 6.67. The van der Waals surface area contributed by atoms with E-state index in [0.717, 1.165) is 11.1 Å². The summed E-state index contributed by atoms with van der Waals surface area (Å²) in [4.78, 5) is 0. The number of aryl methyl sites for hydroxylation is 1. The molecule has 0 unspecified atom stereocenters. The summed E-state index contributed by atoms with van der Waals surface area (Å²) in [5.41, 5.74) is 2.57. The van der Waals surface area contributed by atoms with Gasteiger partial charge in [-0.2, -0.15) is 14.9 Å². The van der Waals surface area contributed by atoms with Crippen LogP contribution in [0.5, 0.6) is 11.5 Å². The van der Waals surface area contributed by atoms with Crippen LogP contribution in [-0.4, -0.2) is 33.3 Å². The van der Waals surface area contributed by atoms with Gasteiger partial charge in [-0.1, -0.05) is 35.9 Å². The number of hydrogen-bond acceptors (Lipinski definition) is 5. The summed E-state index contributed by atoms with van der Waals surface area (Å²) in [5, 5.41) is 21.4. The Balaban J connectivity index is 2.01. The summed E-state index contributed by atoms with van der Waals surface area (Å²) in [5.74, 6) is 1.00. The highest BCUT2D eigenvalue weighted by Gasteiger charge is 2.09. The van der Waals surface area contributed by atoms with Crippen molar-refractivity contribution in [1.82, 2.24) is 14.9 Å². The van der Waals surface area contributed by atoms with Crippen LogP contribution in [0.4, 0.5) is 0 Å². The van der Waals surface area contributed by atoms with Gasteiger partial charge in [0.1, 0.15) is 0 Å². The van der Waals surface area contributed by atoms with E-state index in [2.05, 4.69) is 15.3 Å². The van der Waals surface area contributed by atoms with Crippen molar-refractivity contribution in [2.45, 2.75) is 6.92 Å². The molecule has 0 fully saturated rings. The van der Waals surface area contributed by atoms with Crippen LogP contribution in [0.3, 0.4) is 0 Å². The van der Waals surface area contributed by atoms with E-state index < -0.39 is 0 Å². The standard InChI is InChI=1S/C17H16N4O2S/c1-11-6-8-12(9-7-11)16-19-20-17(24)21(16)18-10-13-4-3-5-14(23-2)15(13)22/h3-10,22H,1-2H3,(H,20,24)/b18-10+. The van der Waals surface area contributed by atoms with Gasteiger partial charge in [-0.3, -0.25) is 0 Å². The summed E-state index contributed by atoms with van der Waals surface area (Å²) in [6.07, 6.45) is 1.51. The van der Waals surface area contributed by atoms with Gasteiger partial charge in [0.05, 0.1) is 13.3 Å². The van der Waals surface area contributed by atoms with E-state index in [9.17, 15) is 5.11 Å². The van der Waals surface area contributed by atoms with Crippen LogP contribution in [0, 0.1) is 11.7 Å². The molecule has 3 rings (SSSR count). The third-order valence-corrected chi connectivity index (χ3v) is 3.79. The van der Waals surface area contributed by atoms with Gasteiger partial charge in [0.25, 0.3) is 0 Å². The lowest BCUT2D eigenvalue weighted by atomic mass is 10.1. The second-order valence-corrected chi connectivity index (χ2v) is 5.56. The van der Waals surface area contributed by atoms with Crippen LogP contribution in [0.2, 0.25) is 0 Å². The molecule has 2 N–H and O–H groups in total. The van der Waals surface area contributed by atoms with Crippen molar-refractivity contribution >= 4 is 18.4 Å². The van der Waals surface area contributed by atoms with Crippen molar-refractivity contribution in [3.05, 3.63) is 58.4 Å². The third-order valence-electron chi connectivity index (χ3n) is 3.52. The van der Waals surface area contributed by atoms with Gasteiger partial charge in [-0.25, -0.2) is 5.10 Å². The van der Waals surface area contributed by atoms with Crippen molar-refractivity contribution in [2.75, 3.05) is 7.11 Å². The van der Waals surface area contributed by atoms with Crippen LogP contribution in [-0.2, 0) is 0 Å². The topological polar surface area (TPSA) is 75.4 Å². The van der Waals surface area contributed by atoms with E-state index in [-0.39, 0.29) is 5.75 Å². The van der Waals surface area contributed by atoms with Gasteiger partial charge in [-0.05, 0) is 31.3 Å². The van der Waals surface area contributed by atoms with Crippen LogP contribution in [0.25, 0.3) is 11.4 Å². The molecular weight excluding hydrogens is 324 g/mol. The number of aromatic hydroxyl groups is 1. The zero-order valence-electron chi connectivity index (χ0n) is 13.2. The highest BCUT2D eigenvalue weighted by atomic mass is 32.1. The van der Waals surface area contributed by atoms with E-state index in [4.69, 9.17) is 17.0 Å². The summed E-state index contributed by atoms with van der Waals surface area (Å²) >= 11 is 5.24. The fourth-order valence-corrected chi connectivity index (χ4v) is 2.40. The first-order chi connectivity index (χ1) is 11.6. The smallest absolute Gasteiger partial charge is 0.216 e. The molecule has 0 aliphatic rings. The number of nitrogens with one attached hydrogen (secondary N) is 1.